The van der Waals surface area contributed by atoms with Crippen molar-refractivity contribution in [3.63, 3.8) is 0 Å². The maximum absolute atomic E-state index is 12.5. The lowest BCUT2D eigenvalue weighted by Crippen LogP contribution is -2.12. The minimum Gasteiger partial charge on any atom is -0.465 e. The number of carbonyl (C=O) groups excluding carboxylic acids is 2. The molecule has 23 heavy (non-hydrogen) atoms. The molecule has 0 heterocycles. The number of hydrogen-bond acceptors (Lipinski definition) is 5. The number of carbonyl (C=O) groups is 2. The summed E-state index contributed by atoms with van der Waals surface area (Å²) in [7, 11) is -2.46. The van der Waals surface area contributed by atoms with E-state index in [1.54, 1.807) is 24.3 Å². The van der Waals surface area contributed by atoms with Crippen molar-refractivity contribution in [1.29, 1.82) is 0 Å². The molecule has 0 aliphatic carbocycles. The third-order valence-electron chi connectivity index (χ3n) is 3.31. The van der Waals surface area contributed by atoms with E-state index in [0.29, 0.717) is 0 Å². The molecule has 0 aliphatic heterocycles. The number of benzene rings is 2. The summed E-state index contributed by atoms with van der Waals surface area (Å²) in [5, 5.41) is 0. The lowest BCUT2D eigenvalue weighted by Gasteiger charge is -2.09. The second-order valence-corrected chi connectivity index (χ2v) is 7.04. The van der Waals surface area contributed by atoms with Crippen molar-refractivity contribution in [2.75, 3.05) is 13.4 Å². The smallest absolute Gasteiger partial charge is 0.337 e. The number of hydrogen-bond donors (Lipinski definition) is 0. The molecule has 0 fully saturated rings. The molecule has 0 N–H and O–H groups in total. The molecule has 0 aliphatic rings. The second-order valence-electron chi connectivity index (χ2n) is 5.06. The number of Topliss-reactive ketones (excluding diaryl/α,β-unsaturated/α-hetero) is 1. The Morgan fingerprint density at radius 1 is 1.04 bits per heavy atom. The summed E-state index contributed by atoms with van der Waals surface area (Å²) in [6.45, 7) is 0. The van der Waals surface area contributed by atoms with Crippen LogP contribution in [-0.4, -0.2) is 33.5 Å². The first-order chi connectivity index (χ1) is 10.8. The lowest BCUT2D eigenvalue weighted by atomic mass is 10.0. The first-order valence-electron chi connectivity index (χ1n) is 6.82. The average molecular weight is 332 g/mol. The van der Waals surface area contributed by atoms with E-state index in [4.69, 9.17) is 0 Å². The lowest BCUT2D eigenvalue weighted by molar-refractivity contribution is 0.0600. The van der Waals surface area contributed by atoms with Crippen molar-refractivity contribution >= 4 is 21.6 Å². The number of sulfone groups is 1. The number of rotatable bonds is 5. The van der Waals surface area contributed by atoms with Gasteiger partial charge in [0.05, 0.1) is 17.6 Å². The first-order valence-corrected chi connectivity index (χ1v) is 8.71. The number of ether oxygens (including phenoxy) is 1. The fraction of sp³-hybridized carbons (Fsp3) is 0.176. The van der Waals surface area contributed by atoms with Crippen LogP contribution in [-0.2, 0) is 21.0 Å². The molecule has 2 aromatic rings. The predicted octanol–water partition coefficient (Wildman–Crippen LogP) is 2.30. The van der Waals surface area contributed by atoms with Gasteiger partial charge in [-0.05, 0) is 23.8 Å². The first kappa shape index (κ1) is 16.9. The van der Waals surface area contributed by atoms with E-state index >= 15 is 0 Å². The van der Waals surface area contributed by atoms with Crippen LogP contribution >= 0.6 is 0 Å². The summed E-state index contributed by atoms with van der Waals surface area (Å²) >= 11 is 0. The third kappa shape index (κ3) is 4.04. The molecule has 0 bridgehead atoms. The van der Waals surface area contributed by atoms with Gasteiger partial charge in [-0.25, -0.2) is 13.2 Å². The molecular formula is C17H16O5S. The van der Waals surface area contributed by atoms with Gasteiger partial charge in [-0.15, -0.1) is 0 Å². The molecule has 2 aromatic carbocycles. The van der Waals surface area contributed by atoms with Crippen LogP contribution in [0.25, 0.3) is 0 Å². The van der Waals surface area contributed by atoms with Crippen LogP contribution in [0.1, 0.15) is 26.3 Å². The van der Waals surface area contributed by atoms with Gasteiger partial charge in [0.2, 0.25) is 0 Å². The van der Waals surface area contributed by atoms with Gasteiger partial charge >= 0.3 is 5.97 Å². The van der Waals surface area contributed by atoms with E-state index < -0.39 is 15.8 Å². The standard InChI is InChI=1S/C17H16O5S/c1-22-17(19)13-8-9-14(16(11-13)23(2,20)21)15(18)10-12-6-4-3-5-7-12/h3-9,11H,10H2,1-2H3. The van der Waals surface area contributed by atoms with Gasteiger partial charge in [0.25, 0.3) is 0 Å². The molecule has 0 amide bonds. The van der Waals surface area contributed by atoms with E-state index in [0.717, 1.165) is 11.8 Å². The minimum absolute atomic E-state index is 0.0732. The Bertz CT molecular complexity index is 839. The quantitative estimate of drug-likeness (QED) is 0.620. The van der Waals surface area contributed by atoms with Gasteiger partial charge < -0.3 is 4.74 Å². The largest absolute Gasteiger partial charge is 0.465 e. The Hall–Kier alpha value is -2.47. The topological polar surface area (TPSA) is 77.5 Å². The highest BCUT2D eigenvalue weighted by Crippen LogP contribution is 2.20. The molecule has 0 spiro atoms. The zero-order chi connectivity index (χ0) is 17.0. The summed E-state index contributed by atoms with van der Waals surface area (Å²) in [6, 6.07) is 13.0. The summed E-state index contributed by atoms with van der Waals surface area (Å²) in [5.74, 6) is -0.981. The Morgan fingerprint density at radius 3 is 2.26 bits per heavy atom. The van der Waals surface area contributed by atoms with Gasteiger partial charge in [0, 0.05) is 18.2 Å². The van der Waals surface area contributed by atoms with Crippen molar-refractivity contribution in [3.8, 4) is 0 Å². The summed E-state index contributed by atoms with van der Waals surface area (Å²) < 4.78 is 28.5. The van der Waals surface area contributed by atoms with Gasteiger partial charge in [0.15, 0.2) is 15.6 Å². The van der Waals surface area contributed by atoms with Crippen LogP contribution in [0.2, 0.25) is 0 Å². The average Bonchev–Trinajstić information content (AvgIpc) is 2.53. The van der Waals surface area contributed by atoms with Gasteiger partial charge in [-0.3, -0.25) is 4.79 Å². The van der Waals surface area contributed by atoms with Crippen LogP contribution in [0.4, 0.5) is 0 Å². The Labute approximate surface area is 134 Å². The molecule has 0 unspecified atom stereocenters. The van der Waals surface area contributed by atoms with Crippen molar-refractivity contribution in [1.82, 2.24) is 0 Å². The maximum atomic E-state index is 12.5. The highest BCUT2D eigenvalue weighted by molar-refractivity contribution is 7.90. The molecule has 0 aromatic heterocycles. The van der Waals surface area contributed by atoms with Crippen molar-refractivity contribution in [2.24, 2.45) is 0 Å². The second kappa shape index (κ2) is 6.75. The monoisotopic (exact) mass is 332 g/mol. The van der Waals surface area contributed by atoms with Crippen molar-refractivity contribution < 1.29 is 22.7 Å². The zero-order valence-electron chi connectivity index (χ0n) is 12.8. The molecule has 5 nitrogen and oxygen atoms in total. The zero-order valence-corrected chi connectivity index (χ0v) is 13.6. The van der Waals surface area contributed by atoms with Crippen molar-refractivity contribution in [2.45, 2.75) is 11.3 Å². The number of esters is 1. The number of methoxy groups -OCH3 is 1. The number of ketones is 1. The molecule has 0 saturated heterocycles. The van der Waals surface area contributed by atoms with E-state index in [-0.39, 0.29) is 28.2 Å². The molecular weight excluding hydrogens is 316 g/mol. The van der Waals surface area contributed by atoms with E-state index in [9.17, 15) is 18.0 Å². The third-order valence-corrected chi connectivity index (χ3v) is 4.45. The summed E-state index contributed by atoms with van der Waals surface area (Å²) in [5.41, 5.74) is 0.946. The minimum atomic E-state index is -3.66. The van der Waals surface area contributed by atoms with Crippen LogP contribution < -0.4 is 0 Å². The molecule has 0 atom stereocenters. The van der Waals surface area contributed by atoms with E-state index in [1.165, 1.54) is 25.3 Å². The SMILES string of the molecule is COC(=O)c1ccc(C(=O)Cc2ccccc2)c(S(C)(=O)=O)c1. The van der Waals surface area contributed by atoms with Crippen LogP contribution in [0.5, 0.6) is 0 Å². The highest BCUT2D eigenvalue weighted by Gasteiger charge is 2.21. The summed E-state index contributed by atoms with van der Waals surface area (Å²) in [4.78, 5) is 23.8. The van der Waals surface area contributed by atoms with E-state index in [2.05, 4.69) is 4.74 Å². The van der Waals surface area contributed by atoms with Crippen molar-refractivity contribution in [3.05, 3.63) is 65.2 Å². The van der Waals surface area contributed by atoms with Crippen LogP contribution in [0.3, 0.4) is 0 Å². The highest BCUT2D eigenvalue weighted by atomic mass is 32.2. The fourth-order valence-corrected chi connectivity index (χ4v) is 3.10. The van der Waals surface area contributed by atoms with Gasteiger partial charge in [0.1, 0.15) is 0 Å². The summed E-state index contributed by atoms with van der Waals surface area (Å²) in [6.07, 6.45) is 1.09. The maximum Gasteiger partial charge on any atom is 0.337 e. The Kier molecular flexibility index (Phi) is 4.95. The molecule has 2 rings (SSSR count). The molecule has 0 saturated carbocycles. The molecule has 0 radical (unpaired) electrons. The normalized spacial score (nSPS) is 11.0. The van der Waals surface area contributed by atoms with Crippen LogP contribution in [0.15, 0.2) is 53.4 Å². The predicted molar refractivity (Wildman–Crippen MR) is 85.4 cm³/mol. The van der Waals surface area contributed by atoms with Crippen LogP contribution in [0, 0.1) is 0 Å². The molecule has 6 heteroatoms. The Morgan fingerprint density at radius 2 is 1.70 bits per heavy atom. The van der Waals surface area contributed by atoms with Gasteiger partial charge in [-0.1, -0.05) is 30.3 Å². The molecule has 120 valence electrons. The fourth-order valence-electron chi connectivity index (χ4n) is 2.18. The van der Waals surface area contributed by atoms with Gasteiger partial charge in [-0.2, -0.15) is 0 Å². The Balaban J connectivity index is 2.45. The van der Waals surface area contributed by atoms with E-state index in [1.807, 2.05) is 6.07 Å².